The topological polar surface area (TPSA) is 111 Å². The maximum Gasteiger partial charge on any atom is 0.329 e. The molecule has 1 atom stereocenters. The van der Waals surface area contributed by atoms with Crippen LogP contribution in [-0.4, -0.2) is 32.9 Å². The van der Waals surface area contributed by atoms with Crippen LogP contribution in [0.15, 0.2) is 28.3 Å². The molecule has 0 unspecified atom stereocenters. The number of thioether (sulfide) groups is 1. The molecular weight excluding hydrogens is 298 g/mol. The summed E-state index contributed by atoms with van der Waals surface area (Å²) in [6.07, 6.45) is 0. The summed E-state index contributed by atoms with van der Waals surface area (Å²) in [5.74, 6) is -0.482. The molecule has 9 heteroatoms. The Morgan fingerprint density at radius 2 is 2.40 bits per heavy atom. The van der Waals surface area contributed by atoms with Gasteiger partial charge in [-0.2, -0.15) is 0 Å². The average Bonchev–Trinajstić information content (AvgIpc) is 3.05. The van der Waals surface area contributed by atoms with Crippen molar-refractivity contribution >= 4 is 50.0 Å². The summed E-state index contributed by atoms with van der Waals surface area (Å²) in [5, 5.41) is 13.8. The molecule has 0 bridgehead atoms. The Morgan fingerprint density at radius 3 is 3.10 bits per heavy atom. The minimum atomic E-state index is -0.917. The summed E-state index contributed by atoms with van der Waals surface area (Å²) in [5.41, 5.74) is 9.73. The fourth-order valence-electron chi connectivity index (χ4n) is 1.74. The van der Waals surface area contributed by atoms with E-state index in [1.54, 1.807) is 18.2 Å². The van der Waals surface area contributed by atoms with Crippen molar-refractivity contribution in [2.75, 3.05) is 5.75 Å². The molecule has 1 aliphatic heterocycles. The highest BCUT2D eigenvalue weighted by Gasteiger charge is 2.26. The molecule has 100 valence electrons. The van der Waals surface area contributed by atoms with Crippen LogP contribution in [0.3, 0.4) is 0 Å². The van der Waals surface area contributed by atoms with Gasteiger partial charge in [-0.05, 0) is 17.7 Å². The molecule has 0 spiro atoms. The van der Waals surface area contributed by atoms with Gasteiger partial charge in [0.1, 0.15) is 10.1 Å². The quantitative estimate of drug-likeness (QED) is 0.533. The number of carbonyl (C=O) groups is 1. The van der Waals surface area contributed by atoms with E-state index < -0.39 is 12.0 Å². The van der Waals surface area contributed by atoms with Crippen LogP contribution >= 0.6 is 23.1 Å². The lowest BCUT2D eigenvalue weighted by Crippen LogP contribution is -2.17. The van der Waals surface area contributed by atoms with Gasteiger partial charge in [0, 0.05) is 16.4 Å². The van der Waals surface area contributed by atoms with Crippen molar-refractivity contribution in [2.24, 2.45) is 10.1 Å². The van der Waals surface area contributed by atoms with Gasteiger partial charge in [-0.1, -0.05) is 11.2 Å². The van der Waals surface area contributed by atoms with Gasteiger partial charge >= 0.3 is 5.97 Å². The minimum absolute atomic E-state index is 0.435. The number of carboxylic acids is 1. The molecule has 7 nitrogen and oxygen atoms in total. The lowest BCUT2D eigenvalue weighted by Gasteiger charge is -1.93. The van der Waals surface area contributed by atoms with E-state index in [4.69, 9.17) is 10.6 Å². The van der Waals surface area contributed by atoms with Gasteiger partial charge in [-0.25, -0.2) is 9.78 Å². The number of aliphatic imine (C=N–C) groups is 1. The molecule has 1 N–H and O–H groups in total. The number of benzene rings is 1. The zero-order valence-electron chi connectivity index (χ0n) is 9.92. The Labute approximate surface area is 121 Å². The number of thiazole rings is 1. The molecule has 1 aromatic carbocycles. The van der Waals surface area contributed by atoms with Crippen LogP contribution in [0.5, 0.6) is 0 Å². The predicted octanol–water partition coefficient (Wildman–Crippen LogP) is 3.18. The Morgan fingerprint density at radius 1 is 1.55 bits per heavy atom. The molecule has 0 saturated carbocycles. The molecule has 2 aromatic rings. The minimum Gasteiger partial charge on any atom is -0.480 e. The van der Waals surface area contributed by atoms with Crippen molar-refractivity contribution in [1.29, 1.82) is 0 Å². The van der Waals surface area contributed by atoms with Crippen molar-refractivity contribution in [3.63, 3.8) is 0 Å². The normalized spacial score (nSPS) is 17.8. The van der Waals surface area contributed by atoms with E-state index >= 15 is 0 Å². The first-order valence-electron chi connectivity index (χ1n) is 5.57. The van der Waals surface area contributed by atoms with Crippen LogP contribution in [0, 0.1) is 0 Å². The first kappa shape index (κ1) is 12.9. The molecule has 1 aliphatic rings. The average molecular weight is 305 g/mol. The van der Waals surface area contributed by atoms with Crippen LogP contribution in [-0.2, 0) is 4.79 Å². The maximum atomic E-state index is 10.9. The number of aromatic nitrogens is 1. The van der Waals surface area contributed by atoms with E-state index in [0.717, 1.165) is 10.2 Å². The lowest BCUT2D eigenvalue weighted by molar-refractivity contribution is -0.137. The number of rotatable bonds is 3. The van der Waals surface area contributed by atoms with Gasteiger partial charge < -0.3 is 5.11 Å². The Balaban J connectivity index is 1.99. The van der Waals surface area contributed by atoms with Crippen molar-refractivity contribution in [2.45, 2.75) is 6.04 Å². The van der Waals surface area contributed by atoms with Gasteiger partial charge in [0.05, 0.1) is 10.2 Å². The Bertz CT molecular complexity index is 778. The van der Waals surface area contributed by atoms with Gasteiger partial charge in [0.2, 0.25) is 0 Å². The number of hydrogen-bond acceptors (Lipinski definition) is 6. The van der Waals surface area contributed by atoms with E-state index in [1.165, 1.54) is 23.1 Å². The van der Waals surface area contributed by atoms with Crippen LogP contribution in [0.4, 0.5) is 5.69 Å². The van der Waals surface area contributed by atoms with E-state index in [2.05, 4.69) is 20.0 Å². The molecule has 2 heterocycles. The van der Waals surface area contributed by atoms with Crippen LogP contribution in [0.25, 0.3) is 20.7 Å². The fraction of sp³-hybridized carbons (Fsp3) is 0.182. The third-order valence-corrected chi connectivity index (χ3v) is 4.86. The second-order valence-electron chi connectivity index (χ2n) is 3.96. The van der Waals surface area contributed by atoms with Crippen LogP contribution in [0.1, 0.15) is 5.01 Å². The summed E-state index contributed by atoms with van der Waals surface area (Å²) >= 11 is 2.81. The highest BCUT2D eigenvalue weighted by atomic mass is 32.2. The SMILES string of the molecule is [N-]=[N+]=Nc1ccc2nc(C3=N[C@@H](C(=O)O)CS3)sc2c1. The molecule has 1 aromatic heterocycles. The van der Waals surface area contributed by atoms with Gasteiger partial charge in [-0.15, -0.1) is 23.1 Å². The Kier molecular flexibility index (Phi) is 3.31. The largest absolute Gasteiger partial charge is 0.480 e. The number of hydrogen-bond donors (Lipinski definition) is 1. The second-order valence-corrected chi connectivity index (χ2v) is 6.00. The summed E-state index contributed by atoms with van der Waals surface area (Å²) in [7, 11) is 0. The molecule has 0 saturated heterocycles. The summed E-state index contributed by atoms with van der Waals surface area (Å²) in [6, 6.07) is 4.52. The van der Waals surface area contributed by atoms with E-state index in [0.29, 0.717) is 21.5 Å². The molecule has 0 fully saturated rings. The standard InChI is InChI=1S/C11H7N5O2S2/c12-16-15-5-1-2-6-8(3-5)20-10(13-6)9-14-7(4-19-9)11(17)18/h1-3,7H,4H2,(H,17,18)/t7-/m1/s1. The van der Waals surface area contributed by atoms with E-state index in [-0.39, 0.29) is 0 Å². The van der Waals surface area contributed by atoms with Crippen molar-refractivity contribution < 1.29 is 9.90 Å². The zero-order chi connectivity index (χ0) is 14.1. The highest BCUT2D eigenvalue weighted by Crippen LogP contribution is 2.31. The van der Waals surface area contributed by atoms with Crippen molar-refractivity contribution in [3.8, 4) is 0 Å². The predicted molar refractivity (Wildman–Crippen MR) is 78.8 cm³/mol. The first-order chi connectivity index (χ1) is 9.67. The Hall–Kier alpha value is -2.09. The lowest BCUT2D eigenvalue weighted by atomic mass is 10.3. The second kappa shape index (κ2) is 5.12. The third kappa shape index (κ3) is 2.34. The summed E-state index contributed by atoms with van der Waals surface area (Å²) < 4.78 is 0.881. The zero-order valence-corrected chi connectivity index (χ0v) is 11.6. The monoisotopic (exact) mass is 305 g/mol. The van der Waals surface area contributed by atoms with E-state index in [9.17, 15) is 4.79 Å². The third-order valence-electron chi connectivity index (χ3n) is 2.65. The van der Waals surface area contributed by atoms with Crippen molar-refractivity contribution in [3.05, 3.63) is 33.6 Å². The molecule has 0 aliphatic carbocycles. The van der Waals surface area contributed by atoms with Crippen LogP contribution in [0.2, 0.25) is 0 Å². The van der Waals surface area contributed by atoms with Gasteiger partial charge in [0.15, 0.2) is 6.04 Å². The number of fused-ring (bicyclic) bond motifs is 1. The number of nitrogens with zero attached hydrogens (tertiary/aromatic N) is 5. The smallest absolute Gasteiger partial charge is 0.329 e. The molecule has 0 amide bonds. The molecule has 20 heavy (non-hydrogen) atoms. The highest BCUT2D eigenvalue weighted by molar-refractivity contribution is 8.15. The number of azide groups is 1. The van der Waals surface area contributed by atoms with Crippen molar-refractivity contribution in [1.82, 2.24) is 4.98 Å². The van der Waals surface area contributed by atoms with E-state index in [1.807, 2.05) is 0 Å². The van der Waals surface area contributed by atoms with Gasteiger partial charge in [0.25, 0.3) is 0 Å². The van der Waals surface area contributed by atoms with Gasteiger partial charge in [-0.3, -0.25) is 4.99 Å². The summed E-state index contributed by atoms with van der Waals surface area (Å²) in [6.45, 7) is 0. The van der Waals surface area contributed by atoms with Crippen LogP contribution < -0.4 is 0 Å². The molecule has 3 rings (SSSR count). The fourth-order valence-corrected chi connectivity index (χ4v) is 3.83. The number of carboxylic acid groups (broad SMARTS) is 1. The first-order valence-corrected chi connectivity index (χ1v) is 7.37. The molecular formula is C11H7N5O2S2. The number of aliphatic carboxylic acids is 1. The maximum absolute atomic E-state index is 10.9. The molecule has 0 radical (unpaired) electrons. The summed E-state index contributed by atoms with van der Waals surface area (Å²) in [4.78, 5) is 22.2.